The average molecular weight is 469 g/mol. The van der Waals surface area contributed by atoms with Crippen molar-refractivity contribution in [1.29, 1.82) is 0 Å². The largest absolute Gasteiger partial charge is 0.495 e. The van der Waals surface area contributed by atoms with Crippen LogP contribution in [0, 0.1) is 0 Å². The number of hydrogen-bond donors (Lipinski definition) is 2. The fraction of sp³-hybridized carbons (Fsp3) is 0.350. The first kappa shape index (κ1) is 23.2. The number of carbonyl (C=O) groups excluding carboxylic acids is 1. The highest BCUT2D eigenvalue weighted by atomic mass is 32.2. The van der Waals surface area contributed by atoms with Gasteiger partial charge in [-0.15, -0.1) is 0 Å². The summed E-state index contributed by atoms with van der Waals surface area (Å²) in [6, 6.07) is 11.5. The number of ether oxygens (including phenoxy) is 1. The van der Waals surface area contributed by atoms with E-state index in [-0.39, 0.29) is 22.9 Å². The fourth-order valence-electron chi connectivity index (χ4n) is 3.50. The lowest BCUT2D eigenvalue weighted by Gasteiger charge is -2.29. The Bertz CT molecular complexity index is 1170. The zero-order chi connectivity index (χ0) is 22.8. The molecule has 0 bridgehead atoms. The summed E-state index contributed by atoms with van der Waals surface area (Å²) in [7, 11) is -6.45. The topological polar surface area (TPSA) is 130 Å². The van der Waals surface area contributed by atoms with E-state index < -0.39 is 49.4 Å². The standard InChI is InChI=1S/C20H24N2O7S2/c1-14(23)21-17-10-16(8-9-20(17)29-2)31(27,28)22(11-15-6-4-3-5-7-15)18-12-30(25,26)13-19(18)24/h3-10,18-19,24H,11-13H2,1-2H3,(H,21,23)/t18-,19+/m0/s1. The second kappa shape index (κ2) is 8.95. The molecule has 3 rings (SSSR count). The number of sulfonamides is 1. The molecule has 0 aliphatic carbocycles. The molecule has 1 fully saturated rings. The number of methoxy groups -OCH3 is 1. The maximum absolute atomic E-state index is 13.6. The zero-order valence-electron chi connectivity index (χ0n) is 17.1. The van der Waals surface area contributed by atoms with Crippen LogP contribution in [0.1, 0.15) is 12.5 Å². The van der Waals surface area contributed by atoms with Crippen molar-refractivity contribution < 1.29 is 31.5 Å². The molecule has 9 nitrogen and oxygen atoms in total. The minimum absolute atomic E-state index is 0.123. The second-order valence-electron chi connectivity index (χ2n) is 7.29. The number of hydrogen-bond acceptors (Lipinski definition) is 7. The van der Waals surface area contributed by atoms with Gasteiger partial charge in [0, 0.05) is 13.5 Å². The Morgan fingerprint density at radius 2 is 1.87 bits per heavy atom. The molecule has 1 saturated heterocycles. The Kier molecular flexibility index (Phi) is 6.70. The number of anilines is 1. The Morgan fingerprint density at radius 1 is 1.19 bits per heavy atom. The number of aliphatic hydroxyl groups excluding tert-OH is 1. The predicted molar refractivity (Wildman–Crippen MR) is 115 cm³/mol. The van der Waals surface area contributed by atoms with Gasteiger partial charge in [-0.2, -0.15) is 4.31 Å². The summed E-state index contributed by atoms with van der Waals surface area (Å²) in [4.78, 5) is 11.4. The van der Waals surface area contributed by atoms with E-state index in [1.807, 2.05) is 0 Å². The Hall–Kier alpha value is -2.47. The van der Waals surface area contributed by atoms with E-state index in [2.05, 4.69) is 5.32 Å². The second-order valence-corrected chi connectivity index (χ2v) is 11.3. The SMILES string of the molecule is COc1ccc(S(=O)(=O)N(Cc2ccccc2)[C@H]2CS(=O)(=O)C[C@H]2O)cc1NC(C)=O. The third-order valence-electron chi connectivity index (χ3n) is 4.93. The van der Waals surface area contributed by atoms with Crippen LogP contribution in [0.15, 0.2) is 53.4 Å². The normalized spacial score (nSPS) is 20.5. The number of aliphatic hydroxyl groups is 1. The van der Waals surface area contributed by atoms with Crippen LogP contribution in [0.2, 0.25) is 0 Å². The maximum atomic E-state index is 13.6. The van der Waals surface area contributed by atoms with Gasteiger partial charge < -0.3 is 15.2 Å². The number of nitrogens with one attached hydrogen (secondary N) is 1. The van der Waals surface area contributed by atoms with E-state index in [4.69, 9.17) is 4.74 Å². The molecule has 2 aromatic rings. The summed E-state index contributed by atoms with van der Waals surface area (Å²) in [6.45, 7) is 1.16. The molecule has 31 heavy (non-hydrogen) atoms. The molecule has 1 amide bonds. The van der Waals surface area contributed by atoms with Gasteiger partial charge >= 0.3 is 0 Å². The molecule has 0 saturated carbocycles. The molecule has 11 heteroatoms. The molecule has 2 aromatic carbocycles. The van der Waals surface area contributed by atoms with E-state index in [0.29, 0.717) is 5.56 Å². The molecule has 168 valence electrons. The van der Waals surface area contributed by atoms with E-state index in [0.717, 1.165) is 4.31 Å². The number of sulfone groups is 1. The van der Waals surface area contributed by atoms with Gasteiger partial charge in [0.1, 0.15) is 5.75 Å². The lowest BCUT2D eigenvalue weighted by molar-refractivity contribution is -0.114. The third-order valence-corrected chi connectivity index (χ3v) is 8.50. The molecule has 0 aromatic heterocycles. The van der Waals surface area contributed by atoms with Crippen LogP contribution in [0.3, 0.4) is 0 Å². The van der Waals surface area contributed by atoms with E-state index in [9.17, 15) is 26.7 Å². The smallest absolute Gasteiger partial charge is 0.243 e. The third kappa shape index (κ3) is 5.24. The predicted octanol–water partition coefficient (Wildman–Crippen LogP) is 1.00. The van der Waals surface area contributed by atoms with Crippen molar-refractivity contribution in [2.45, 2.75) is 30.5 Å². The van der Waals surface area contributed by atoms with Gasteiger partial charge in [-0.3, -0.25) is 4.79 Å². The van der Waals surface area contributed by atoms with Crippen molar-refractivity contribution in [2.24, 2.45) is 0 Å². The minimum Gasteiger partial charge on any atom is -0.495 e. The molecular weight excluding hydrogens is 444 g/mol. The molecule has 2 atom stereocenters. The van der Waals surface area contributed by atoms with Crippen LogP contribution in [0.5, 0.6) is 5.75 Å². The monoisotopic (exact) mass is 468 g/mol. The number of amides is 1. The fourth-order valence-corrected chi connectivity index (χ4v) is 7.06. The Labute approximate surface area is 181 Å². The van der Waals surface area contributed by atoms with Crippen LogP contribution in [-0.4, -0.2) is 62.9 Å². The van der Waals surface area contributed by atoms with Crippen LogP contribution < -0.4 is 10.1 Å². The highest BCUT2D eigenvalue weighted by Crippen LogP contribution is 2.32. The quantitative estimate of drug-likeness (QED) is 0.620. The van der Waals surface area contributed by atoms with Crippen molar-refractivity contribution >= 4 is 31.5 Å². The number of rotatable bonds is 7. The van der Waals surface area contributed by atoms with Crippen LogP contribution in [0.25, 0.3) is 0 Å². The van der Waals surface area contributed by atoms with E-state index in [1.165, 1.54) is 32.2 Å². The van der Waals surface area contributed by atoms with Gasteiger partial charge in [-0.1, -0.05) is 30.3 Å². The highest BCUT2D eigenvalue weighted by molar-refractivity contribution is 7.92. The average Bonchev–Trinajstić information content (AvgIpc) is 2.98. The van der Waals surface area contributed by atoms with Crippen molar-refractivity contribution in [2.75, 3.05) is 23.9 Å². The van der Waals surface area contributed by atoms with Gasteiger partial charge in [0.15, 0.2) is 9.84 Å². The van der Waals surface area contributed by atoms with Gasteiger partial charge in [0.2, 0.25) is 15.9 Å². The molecule has 1 heterocycles. The summed E-state index contributed by atoms with van der Waals surface area (Å²) in [5, 5.41) is 12.9. The van der Waals surface area contributed by atoms with Gasteiger partial charge in [0.05, 0.1) is 41.3 Å². The lowest BCUT2D eigenvalue weighted by Crippen LogP contribution is -2.46. The molecule has 2 N–H and O–H groups in total. The Morgan fingerprint density at radius 3 is 2.42 bits per heavy atom. The van der Waals surface area contributed by atoms with Crippen molar-refractivity contribution in [3.05, 3.63) is 54.1 Å². The number of nitrogens with zero attached hydrogens (tertiary/aromatic N) is 1. The lowest BCUT2D eigenvalue weighted by atomic mass is 10.2. The maximum Gasteiger partial charge on any atom is 0.243 e. The van der Waals surface area contributed by atoms with Gasteiger partial charge in [-0.25, -0.2) is 16.8 Å². The molecular formula is C20H24N2O7S2. The molecule has 0 unspecified atom stereocenters. The highest BCUT2D eigenvalue weighted by Gasteiger charge is 2.44. The minimum atomic E-state index is -4.25. The first-order chi connectivity index (χ1) is 14.5. The Balaban J connectivity index is 2.08. The first-order valence-electron chi connectivity index (χ1n) is 9.43. The number of carbonyl (C=O) groups is 1. The molecule has 0 radical (unpaired) electrons. The van der Waals surface area contributed by atoms with Crippen LogP contribution in [-0.2, 0) is 31.2 Å². The van der Waals surface area contributed by atoms with Crippen molar-refractivity contribution in [1.82, 2.24) is 4.31 Å². The van der Waals surface area contributed by atoms with Crippen LogP contribution in [0.4, 0.5) is 5.69 Å². The summed E-state index contributed by atoms with van der Waals surface area (Å²) in [6.07, 6.45) is -1.35. The summed E-state index contributed by atoms with van der Waals surface area (Å²) in [5.41, 5.74) is 0.800. The van der Waals surface area contributed by atoms with Gasteiger partial charge in [-0.05, 0) is 23.8 Å². The zero-order valence-corrected chi connectivity index (χ0v) is 18.7. The summed E-state index contributed by atoms with van der Waals surface area (Å²) < 4.78 is 57.5. The molecule has 1 aliphatic rings. The van der Waals surface area contributed by atoms with Crippen LogP contribution >= 0.6 is 0 Å². The van der Waals surface area contributed by atoms with Crippen molar-refractivity contribution in [3.8, 4) is 5.75 Å². The summed E-state index contributed by atoms with van der Waals surface area (Å²) >= 11 is 0. The molecule has 1 aliphatic heterocycles. The molecule has 0 spiro atoms. The first-order valence-corrected chi connectivity index (χ1v) is 12.7. The van der Waals surface area contributed by atoms with E-state index >= 15 is 0 Å². The van der Waals surface area contributed by atoms with Gasteiger partial charge in [0.25, 0.3) is 0 Å². The van der Waals surface area contributed by atoms with Crippen molar-refractivity contribution in [3.63, 3.8) is 0 Å². The number of benzene rings is 2. The summed E-state index contributed by atoms with van der Waals surface area (Å²) in [5.74, 6) is -1.12. The van der Waals surface area contributed by atoms with E-state index in [1.54, 1.807) is 30.3 Å².